The molecular weight excluding hydrogens is 274 g/mol. The molecule has 108 valence electrons. The first-order valence-electron chi connectivity index (χ1n) is 6.53. The third-order valence-corrected chi connectivity index (χ3v) is 3.44. The van der Waals surface area contributed by atoms with Crippen LogP contribution in [0.1, 0.15) is 23.3 Å². The summed E-state index contributed by atoms with van der Waals surface area (Å²) >= 11 is 0. The van der Waals surface area contributed by atoms with Gasteiger partial charge in [-0.15, -0.1) is 0 Å². The van der Waals surface area contributed by atoms with Crippen LogP contribution >= 0.6 is 0 Å². The van der Waals surface area contributed by atoms with E-state index in [1.165, 1.54) is 12.7 Å². The summed E-state index contributed by atoms with van der Waals surface area (Å²) in [6, 6.07) is 5.53. The van der Waals surface area contributed by atoms with Gasteiger partial charge in [-0.2, -0.15) is 5.26 Å². The number of carbonyl (C=O) groups is 1. The third-order valence-electron chi connectivity index (χ3n) is 3.44. The van der Waals surface area contributed by atoms with E-state index in [1.807, 2.05) is 0 Å². The van der Waals surface area contributed by atoms with Crippen LogP contribution in [-0.4, -0.2) is 29.6 Å². The van der Waals surface area contributed by atoms with Gasteiger partial charge in [0, 0.05) is 26.1 Å². The van der Waals surface area contributed by atoms with Crippen LogP contribution in [0, 0.1) is 11.3 Å². The molecule has 1 aliphatic rings. The fourth-order valence-electron chi connectivity index (χ4n) is 2.25. The fraction of sp³-hybridized carbons (Fsp3) is 0.357. The molecule has 7 nitrogen and oxygen atoms in total. The van der Waals surface area contributed by atoms with Crippen molar-refractivity contribution in [2.75, 3.05) is 13.2 Å². The van der Waals surface area contributed by atoms with Crippen molar-refractivity contribution < 1.29 is 18.4 Å². The minimum atomic E-state index is -0.922. The number of nitrogens with one attached hydrogen (secondary N) is 1. The average Bonchev–Trinajstić information content (AvgIpc) is 3.18. The molecule has 1 aliphatic heterocycles. The predicted molar refractivity (Wildman–Crippen MR) is 70.1 cm³/mol. The molecule has 21 heavy (non-hydrogen) atoms. The van der Waals surface area contributed by atoms with Crippen molar-refractivity contribution in [1.82, 2.24) is 10.3 Å². The molecule has 3 rings (SSSR count). The summed E-state index contributed by atoms with van der Waals surface area (Å²) in [7, 11) is 0. The molecule has 0 bridgehead atoms. The molecule has 0 aliphatic carbocycles. The number of amides is 1. The Hall–Kier alpha value is -2.59. The standard InChI is InChI=1S/C14H13N3O4/c15-8-14(3-6-19-7-4-14)17-13(18)11-12(21-9-16-11)10-2-1-5-20-10/h1-2,5,9H,3-4,6-7H2,(H,17,18). The highest BCUT2D eigenvalue weighted by Crippen LogP contribution is 2.25. The number of carbonyl (C=O) groups excluding carboxylic acids is 1. The molecule has 0 atom stereocenters. The number of ether oxygens (including phenoxy) is 1. The van der Waals surface area contributed by atoms with E-state index in [0.29, 0.717) is 31.8 Å². The Labute approximate surface area is 120 Å². The highest BCUT2D eigenvalue weighted by molar-refractivity contribution is 5.97. The Morgan fingerprint density at radius 1 is 1.38 bits per heavy atom. The topological polar surface area (TPSA) is 101 Å². The monoisotopic (exact) mass is 287 g/mol. The molecule has 1 saturated heterocycles. The molecule has 0 saturated carbocycles. The maximum absolute atomic E-state index is 12.4. The smallest absolute Gasteiger partial charge is 0.275 e. The highest BCUT2D eigenvalue weighted by Gasteiger charge is 2.36. The van der Waals surface area contributed by atoms with Crippen LogP contribution in [0.25, 0.3) is 11.5 Å². The first kappa shape index (κ1) is 13.4. The highest BCUT2D eigenvalue weighted by atomic mass is 16.5. The Balaban J connectivity index is 1.83. The SMILES string of the molecule is N#CC1(NC(=O)c2ncoc2-c2ccco2)CCOCC1. The van der Waals surface area contributed by atoms with Gasteiger partial charge in [-0.05, 0) is 12.1 Å². The summed E-state index contributed by atoms with van der Waals surface area (Å²) in [6.07, 6.45) is 3.55. The zero-order valence-electron chi connectivity index (χ0n) is 11.2. The number of oxazole rings is 1. The van der Waals surface area contributed by atoms with Crippen molar-refractivity contribution in [2.45, 2.75) is 18.4 Å². The van der Waals surface area contributed by atoms with Crippen molar-refractivity contribution in [3.8, 4) is 17.6 Å². The van der Waals surface area contributed by atoms with Gasteiger partial charge in [0.25, 0.3) is 5.91 Å². The molecule has 1 amide bonds. The van der Waals surface area contributed by atoms with E-state index in [4.69, 9.17) is 13.6 Å². The summed E-state index contributed by atoms with van der Waals surface area (Å²) in [5.41, 5.74) is -0.819. The lowest BCUT2D eigenvalue weighted by Gasteiger charge is -2.31. The average molecular weight is 287 g/mol. The fourth-order valence-corrected chi connectivity index (χ4v) is 2.25. The Morgan fingerprint density at radius 3 is 2.86 bits per heavy atom. The van der Waals surface area contributed by atoms with E-state index in [0.717, 1.165) is 0 Å². The quantitative estimate of drug-likeness (QED) is 0.922. The summed E-state index contributed by atoms with van der Waals surface area (Å²) in [5.74, 6) is 0.201. The number of nitriles is 1. The van der Waals surface area contributed by atoms with E-state index >= 15 is 0 Å². The number of hydrogen-bond donors (Lipinski definition) is 1. The molecule has 7 heteroatoms. The normalized spacial score (nSPS) is 17.1. The molecule has 0 unspecified atom stereocenters. The number of furan rings is 1. The Bertz CT molecular complexity index is 663. The van der Waals surface area contributed by atoms with Gasteiger partial charge >= 0.3 is 0 Å². The van der Waals surface area contributed by atoms with Crippen molar-refractivity contribution in [3.05, 3.63) is 30.5 Å². The second kappa shape index (κ2) is 5.42. The molecular formula is C14H13N3O4. The third kappa shape index (κ3) is 2.53. The molecule has 3 heterocycles. The molecule has 0 radical (unpaired) electrons. The molecule has 2 aromatic heterocycles. The largest absolute Gasteiger partial charge is 0.461 e. The van der Waals surface area contributed by atoms with E-state index in [2.05, 4.69) is 16.4 Å². The van der Waals surface area contributed by atoms with Crippen LogP contribution in [-0.2, 0) is 4.74 Å². The van der Waals surface area contributed by atoms with Gasteiger partial charge in [0.1, 0.15) is 5.54 Å². The van der Waals surface area contributed by atoms with Gasteiger partial charge in [-0.25, -0.2) is 4.98 Å². The maximum atomic E-state index is 12.4. The number of nitrogens with zero attached hydrogens (tertiary/aromatic N) is 2. The number of rotatable bonds is 3. The molecule has 1 fully saturated rings. The van der Waals surface area contributed by atoms with Gasteiger partial charge in [-0.3, -0.25) is 4.79 Å². The van der Waals surface area contributed by atoms with E-state index in [-0.39, 0.29) is 11.5 Å². The summed E-state index contributed by atoms with van der Waals surface area (Å²) in [4.78, 5) is 16.3. The zero-order chi connectivity index (χ0) is 14.7. The number of aromatic nitrogens is 1. The molecule has 0 spiro atoms. The van der Waals surface area contributed by atoms with Gasteiger partial charge in [0.2, 0.25) is 5.76 Å². The molecule has 2 aromatic rings. The zero-order valence-corrected chi connectivity index (χ0v) is 11.2. The van der Waals surface area contributed by atoms with E-state index in [9.17, 15) is 10.1 Å². The summed E-state index contributed by atoms with van der Waals surface area (Å²) < 4.78 is 15.7. The summed E-state index contributed by atoms with van der Waals surface area (Å²) in [5, 5.41) is 12.1. The van der Waals surface area contributed by atoms with E-state index in [1.54, 1.807) is 12.1 Å². The second-order valence-corrected chi connectivity index (χ2v) is 4.77. The minimum absolute atomic E-state index is 0.103. The van der Waals surface area contributed by atoms with Crippen LogP contribution < -0.4 is 5.32 Å². The van der Waals surface area contributed by atoms with Crippen LogP contribution in [0.4, 0.5) is 0 Å². The van der Waals surface area contributed by atoms with Crippen molar-refractivity contribution in [3.63, 3.8) is 0 Å². The first-order valence-corrected chi connectivity index (χ1v) is 6.53. The summed E-state index contributed by atoms with van der Waals surface area (Å²) in [6.45, 7) is 0.884. The minimum Gasteiger partial charge on any atom is -0.461 e. The van der Waals surface area contributed by atoms with Crippen LogP contribution in [0.15, 0.2) is 33.6 Å². The second-order valence-electron chi connectivity index (χ2n) is 4.77. The Kier molecular flexibility index (Phi) is 3.46. The lowest BCUT2D eigenvalue weighted by molar-refractivity contribution is 0.0530. The lowest BCUT2D eigenvalue weighted by atomic mass is 9.91. The van der Waals surface area contributed by atoms with Gasteiger partial charge in [-0.1, -0.05) is 0 Å². The van der Waals surface area contributed by atoms with Crippen LogP contribution in [0.3, 0.4) is 0 Å². The van der Waals surface area contributed by atoms with E-state index < -0.39 is 11.4 Å². The maximum Gasteiger partial charge on any atom is 0.275 e. The predicted octanol–water partition coefficient (Wildman–Crippen LogP) is 1.74. The Morgan fingerprint density at radius 2 is 2.19 bits per heavy atom. The van der Waals surface area contributed by atoms with Crippen LogP contribution in [0.5, 0.6) is 0 Å². The molecule has 0 aromatic carbocycles. The van der Waals surface area contributed by atoms with Gasteiger partial charge < -0.3 is 18.9 Å². The first-order chi connectivity index (χ1) is 10.2. The van der Waals surface area contributed by atoms with Gasteiger partial charge in [0.05, 0.1) is 12.3 Å². The van der Waals surface area contributed by atoms with Gasteiger partial charge in [0.15, 0.2) is 17.8 Å². The molecule has 1 N–H and O–H groups in total. The van der Waals surface area contributed by atoms with Crippen molar-refractivity contribution in [1.29, 1.82) is 5.26 Å². The lowest BCUT2D eigenvalue weighted by Crippen LogP contribution is -2.51. The van der Waals surface area contributed by atoms with Crippen molar-refractivity contribution in [2.24, 2.45) is 0 Å². The van der Waals surface area contributed by atoms with Crippen molar-refractivity contribution >= 4 is 5.91 Å². The van der Waals surface area contributed by atoms with Crippen LogP contribution in [0.2, 0.25) is 0 Å². The number of hydrogen-bond acceptors (Lipinski definition) is 6.